The van der Waals surface area contributed by atoms with Crippen LogP contribution in [0.3, 0.4) is 0 Å². The summed E-state index contributed by atoms with van der Waals surface area (Å²) in [4.78, 5) is 2.91. The first-order valence-corrected chi connectivity index (χ1v) is 8.27. The van der Waals surface area contributed by atoms with Gasteiger partial charge in [-0.3, -0.25) is 4.90 Å². The zero-order valence-electron chi connectivity index (χ0n) is 12.1. The lowest BCUT2D eigenvalue weighted by Crippen LogP contribution is -2.65. The van der Waals surface area contributed by atoms with E-state index in [-0.39, 0.29) is 0 Å². The van der Waals surface area contributed by atoms with Crippen LogP contribution in [0.25, 0.3) is 0 Å². The molecule has 3 rings (SSSR count). The van der Waals surface area contributed by atoms with Crippen LogP contribution in [0.2, 0.25) is 0 Å². The van der Waals surface area contributed by atoms with Gasteiger partial charge in [0.25, 0.3) is 0 Å². The van der Waals surface area contributed by atoms with Gasteiger partial charge in [-0.2, -0.15) is 0 Å². The highest BCUT2D eigenvalue weighted by Crippen LogP contribution is 2.37. The minimum atomic E-state index is 0.535. The quantitative estimate of drug-likeness (QED) is 0.810. The second-order valence-electron chi connectivity index (χ2n) is 7.12. The molecule has 18 heavy (non-hydrogen) atoms. The molecular weight excluding hydrogens is 220 g/mol. The van der Waals surface area contributed by atoms with Crippen LogP contribution in [-0.4, -0.2) is 36.1 Å². The molecule has 2 heteroatoms. The molecule has 0 bridgehead atoms. The van der Waals surface area contributed by atoms with Crippen LogP contribution < -0.4 is 5.32 Å². The van der Waals surface area contributed by atoms with Gasteiger partial charge in [-0.1, -0.05) is 32.1 Å². The molecule has 104 valence electrons. The van der Waals surface area contributed by atoms with E-state index in [1.165, 1.54) is 77.4 Å². The first-order chi connectivity index (χ1) is 8.78. The first-order valence-electron chi connectivity index (χ1n) is 8.27. The fourth-order valence-corrected chi connectivity index (χ4v) is 4.54. The Balaban J connectivity index is 1.68. The number of nitrogens with zero attached hydrogens (tertiary/aromatic N) is 1. The van der Waals surface area contributed by atoms with E-state index in [1.54, 1.807) is 0 Å². The molecule has 3 fully saturated rings. The summed E-state index contributed by atoms with van der Waals surface area (Å²) >= 11 is 0. The smallest absolute Gasteiger partial charge is 0.0334 e. The van der Waals surface area contributed by atoms with Crippen molar-refractivity contribution in [2.75, 3.05) is 19.6 Å². The van der Waals surface area contributed by atoms with E-state index >= 15 is 0 Å². The van der Waals surface area contributed by atoms with Gasteiger partial charge in [0.15, 0.2) is 0 Å². The molecule has 0 radical (unpaired) electrons. The Kier molecular flexibility index (Phi) is 3.95. The maximum atomic E-state index is 3.76. The molecule has 0 aromatic heterocycles. The molecule has 1 spiro atoms. The van der Waals surface area contributed by atoms with Crippen LogP contribution in [0.1, 0.15) is 64.7 Å². The van der Waals surface area contributed by atoms with Gasteiger partial charge in [-0.15, -0.1) is 0 Å². The van der Waals surface area contributed by atoms with Crippen molar-refractivity contribution in [3.8, 4) is 0 Å². The summed E-state index contributed by atoms with van der Waals surface area (Å²) in [6, 6.07) is 0.693. The molecule has 1 atom stereocenters. The van der Waals surface area contributed by atoms with Crippen LogP contribution in [-0.2, 0) is 0 Å². The topological polar surface area (TPSA) is 15.3 Å². The summed E-state index contributed by atoms with van der Waals surface area (Å²) in [7, 11) is 0. The van der Waals surface area contributed by atoms with Crippen LogP contribution in [0, 0.1) is 5.92 Å². The Labute approximate surface area is 113 Å². The second kappa shape index (κ2) is 5.50. The molecule has 1 N–H and O–H groups in total. The van der Waals surface area contributed by atoms with Gasteiger partial charge in [0.2, 0.25) is 0 Å². The second-order valence-corrected chi connectivity index (χ2v) is 7.12. The predicted molar refractivity (Wildman–Crippen MR) is 76.8 cm³/mol. The zero-order valence-corrected chi connectivity index (χ0v) is 12.1. The normalized spacial score (nSPS) is 34.2. The van der Waals surface area contributed by atoms with E-state index in [0.29, 0.717) is 11.6 Å². The SMILES string of the molecule is CC1CN(CC2CCCC2)C2(CCCCC2)CN1. The third kappa shape index (κ3) is 2.60. The highest BCUT2D eigenvalue weighted by molar-refractivity contribution is 5.00. The Morgan fingerprint density at radius 3 is 2.50 bits per heavy atom. The molecule has 1 unspecified atom stereocenters. The van der Waals surface area contributed by atoms with E-state index in [9.17, 15) is 0 Å². The maximum absolute atomic E-state index is 3.76. The average molecular weight is 250 g/mol. The molecule has 0 aromatic rings. The molecule has 0 aromatic carbocycles. The summed E-state index contributed by atoms with van der Waals surface area (Å²) in [5, 5.41) is 3.76. The summed E-state index contributed by atoms with van der Waals surface area (Å²) in [6.07, 6.45) is 13.2. The van der Waals surface area contributed by atoms with Crippen molar-refractivity contribution >= 4 is 0 Å². The fourth-order valence-electron chi connectivity index (χ4n) is 4.54. The van der Waals surface area contributed by atoms with Gasteiger partial charge in [0.05, 0.1) is 0 Å². The van der Waals surface area contributed by atoms with E-state index in [2.05, 4.69) is 17.1 Å². The maximum Gasteiger partial charge on any atom is 0.0334 e. The molecular formula is C16H30N2. The highest BCUT2D eigenvalue weighted by Gasteiger charge is 2.41. The monoisotopic (exact) mass is 250 g/mol. The lowest BCUT2D eigenvalue weighted by atomic mass is 9.78. The van der Waals surface area contributed by atoms with Gasteiger partial charge < -0.3 is 5.32 Å². The largest absolute Gasteiger partial charge is 0.311 e. The Hall–Kier alpha value is -0.0800. The van der Waals surface area contributed by atoms with Crippen molar-refractivity contribution in [1.82, 2.24) is 10.2 Å². The lowest BCUT2D eigenvalue weighted by Gasteiger charge is -2.52. The molecule has 2 saturated carbocycles. The molecule has 3 aliphatic rings. The standard InChI is InChI=1S/C16H30N2/c1-14-11-18(12-15-7-3-4-8-15)16(13-17-14)9-5-2-6-10-16/h14-15,17H,2-13H2,1H3. The highest BCUT2D eigenvalue weighted by atomic mass is 15.3. The third-order valence-electron chi connectivity index (χ3n) is 5.68. The number of rotatable bonds is 2. The predicted octanol–water partition coefficient (Wildman–Crippen LogP) is 3.17. The lowest BCUT2D eigenvalue weighted by molar-refractivity contribution is 0.00199. The minimum absolute atomic E-state index is 0.535. The van der Waals surface area contributed by atoms with Crippen molar-refractivity contribution in [3.05, 3.63) is 0 Å². The molecule has 0 amide bonds. The number of hydrogen-bond acceptors (Lipinski definition) is 2. The van der Waals surface area contributed by atoms with E-state index in [0.717, 1.165) is 5.92 Å². The van der Waals surface area contributed by atoms with Gasteiger partial charge >= 0.3 is 0 Å². The number of hydrogen-bond donors (Lipinski definition) is 1. The summed E-state index contributed by atoms with van der Waals surface area (Å²) < 4.78 is 0. The average Bonchev–Trinajstić information content (AvgIpc) is 2.89. The number of nitrogens with one attached hydrogen (secondary N) is 1. The van der Waals surface area contributed by atoms with Gasteiger partial charge in [0, 0.05) is 31.2 Å². The van der Waals surface area contributed by atoms with Crippen LogP contribution in [0.4, 0.5) is 0 Å². The van der Waals surface area contributed by atoms with Crippen molar-refractivity contribution in [2.45, 2.75) is 76.3 Å². The van der Waals surface area contributed by atoms with Crippen molar-refractivity contribution < 1.29 is 0 Å². The van der Waals surface area contributed by atoms with Gasteiger partial charge in [-0.25, -0.2) is 0 Å². The molecule has 1 heterocycles. The molecule has 2 nitrogen and oxygen atoms in total. The van der Waals surface area contributed by atoms with Crippen LogP contribution >= 0.6 is 0 Å². The van der Waals surface area contributed by atoms with Crippen molar-refractivity contribution in [2.24, 2.45) is 5.92 Å². The Morgan fingerprint density at radius 2 is 1.78 bits per heavy atom. The van der Waals surface area contributed by atoms with Crippen molar-refractivity contribution in [1.29, 1.82) is 0 Å². The summed E-state index contributed by atoms with van der Waals surface area (Å²) in [5.41, 5.74) is 0.535. The van der Waals surface area contributed by atoms with Gasteiger partial charge in [0.1, 0.15) is 0 Å². The molecule has 2 aliphatic carbocycles. The van der Waals surface area contributed by atoms with Crippen LogP contribution in [0.5, 0.6) is 0 Å². The van der Waals surface area contributed by atoms with E-state index in [4.69, 9.17) is 0 Å². The Bertz CT molecular complexity index is 264. The summed E-state index contributed by atoms with van der Waals surface area (Å²) in [5.74, 6) is 1.01. The zero-order chi connectivity index (χ0) is 12.4. The number of piperazine rings is 1. The minimum Gasteiger partial charge on any atom is -0.311 e. The molecule has 1 aliphatic heterocycles. The Morgan fingerprint density at radius 1 is 1.06 bits per heavy atom. The van der Waals surface area contributed by atoms with Gasteiger partial charge in [-0.05, 0) is 38.5 Å². The van der Waals surface area contributed by atoms with Crippen LogP contribution in [0.15, 0.2) is 0 Å². The van der Waals surface area contributed by atoms with E-state index in [1.807, 2.05) is 0 Å². The third-order valence-corrected chi connectivity index (χ3v) is 5.68. The fraction of sp³-hybridized carbons (Fsp3) is 1.00. The first kappa shape index (κ1) is 12.9. The van der Waals surface area contributed by atoms with Crippen molar-refractivity contribution in [3.63, 3.8) is 0 Å². The molecule has 1 saturated heterocycles. The van der Waals surface area contributed by atoms with E-state index < -0.39 is 0 Å². The summed E-state index contributed by atoms with van der Waals surface area (Å²) in [6.45, 7) is 6.29.